The Kier molecular flexibility index (Phi) is 73.9. The van der Waals surface area contributed by atoms with Crippen LogP contribution in [0.5, 0.6) is 0 Å². The van der Waals surface area contributed by atoms with E-state index in [1.165, 1.54) is 0 Å². The maximum absolute atomic E-state index is 9.00. The van der Waals surface area contributed by atoms with E-state index in [0.29, 0.717) is 0 Å². The van der Waals surface area contributed by atoms with Crippen molar-refractivity contribution in [2.24, 2.45) is 5.90 Å². The number of nitrogens with two attached hydrogens (primary N) is 1. The topological polar surface area (TPSA) is 83.5 Å². The number of hydrogen-bond donors (Lipinski definition) is 3. The number of aliphatic carboxylic acids is 1. The van der Waals surface area contributed by atoms with E-state index in [1.54, 1.807) is 0 Å². The van der Waals surface area contributed by atoms with Crippen LogP contribution in [0.1, 0.15) is 8.35 Å². The molecule has 0 saturated heterocycles. The molecular formula is C2H9ClNNaO3. The van der Waals surface area contributed by atoms with E-state index in [-0.39, 0.29) is 43.4 Å². The van der Waals surface area contributed by atoms with Gasteiger partial charge in [0.1, 0.15) is 0 Å². The fourth-order valence-corrected chi connectivity index (χ4v) is 0. The van der Waals surface area contributed by atoms with Crippen molar-refractivity contribution in [2.75, 3.05) is 0 Å². The van der Waals surface area contributed by atoms with Crippen LogP contribution in [0.2, 0.25) is 0 Å². The first kappa shape index (κ1) is 23.4. The Morgan fingerprint density at radius 2 is 1.62 bits per heavy atom. The minimum Gasteiger partial charge on any atom is -1.00 e. The second-order valence-electron chi connectivity index (χ2n) is 0.519. The minimum atomic E-state index is -0.833. The summed E-state index contributed by atoms with van der Waals surface area (Å²) in [6.07, 6.45) is 0. The molecule has 0 radical (unpaired) electrons. The molecule has 0 bridgehead atoms. The summed E-state index contributed by atoms with van der Waals surface area (Å²) in [5, 5.41) is 13.9. The van der Waals surface area contributed by atoms with Crippen molar-refractivity contribution in [1.29, 1.82) is 0 Å². The van der Waals surface area contributed by atoms with Gasteiger partial charge in [0.05, 0.1) is 0 Å². The molecule has 4 N–H and O–H groups in total. The average Bonchev–Trinajstić information content (AvgIpc) is 1.41. The number of rotatable bonds is 0. The standard InChI is InChI=1S/C2H4O2.ClH.H3NO.Na.H/c1-2(3)4;;1-2;;/h1H3,(H,3,4);1H;2H,1H2;;/q;;;+1;-1. The molecule has 4 nitrogen and oxygen atoms in total. The van der Waals surface area contributed by atoms with Gasteiger partial charge in [-0.25, -0.2) is 5.90 Å². The van der Waals surface area contributed by atoms with Gasteiger partial charge in [-0.1, -0.05) is 0 Å². The zero-order chi connectivity index (χ0) is 5.58. The number of carboxylic acid groups (broad SMARTS) is 1. The van der Waals surface area contributed by atoms with Crippen molar-refractivity contribution in [3.63, 3.8) is 0 Å². The summed E-state index contributed by atoms with van der Waals surface area (Å²) in [7, 11) is 0. The SMILES string of the molecule is CC(=O)O.Cl.NO.[H-].[Na+]. The molecule has 0 amide bonds. The molecule has 0 aliphatic rings. The van der Waals surface area contributed by atoms with Gasteiger partial charge in [0.25, 0.3) is 5.97 Å². The minimum absolute atomic E-state index is 0. The van der Waals surface area contributed by atoms with Gasteiger partial charge in [-0.3, -0.25) is 4.79 Å². The third kappa shape index (κ3) is 466. The van der Waals surface area contributed by atoms with Crippen LogP contribution in [0.4, 0.5) is 0 Å². The first-order valence-corrected chi connectivity index (χ1v) is 1.19. The van der Waals surface area contributed by atoms with Gasteiger partial charge in [-0.15, -0.1) is 12.4 Å². The Balaban J connectivity index is -0.00000000990. The van der Waals surface area contributed by atoms with Crippen LogP contribution < -0.4 is 35.5 Å². The molecule has 0 spiro atoms. The second-order valence-corrected chi connectivity index (χ2v) is 0.519. The molecule has 0 fully saturated rings. The van der Waals surface area contributed by atoms with Crippen LogP contribution in [0.3, 0.4) is 0 Å². The maximum atomic E-state index is 9.00. The Bertz CT molecular complexity index is 44.8. The number of hydrogen-bond acceptors (Lipinski definition) is 3. The maximum Gasteiger partial charge on any atom is 1.00 e. The van der Waals surface area contributed by atoms with Gasteiger partial charge in [0.2, 0.25) is 0 Å². The predicted molar refractivity (Wildman–Crippen MR) is 27.6 cm³/mol. The molecular weight excluding hydrogens is 144 g/mol. The van der Waals surface area contributed by atoms with Crippen molar-refractivity contribution >= 4 is 18.4 Å². The molecule has 0 heterocycles. The van der Waals surface area contributed by atoms with Crippen LogP contribution in [0, 0.1) is 0 Å². The van der Waals surface area contributed by atoms with E-state index >= 15 is 0 Å². The van der Waals surface area contributed by atoms with Crippen LogP contribution in [0.15, 0.2) is 0 Å². The van der Waals surface area contributed by atoms with Gasteiger partial charge in [-0.05, 0) is 0 Å². The largest absolute Gasteiger partial charge is 1.00 e. The molecule has 6 heteroatoms. The molecule has 48 valence electrons. The predicted octanol–water partition coefficient (Wildman–Crippen LogP) is -3.04. The molecule has 0 atom stereocenters. The van der Waals surface area contributed by atoms with Gasteiger partial charge in [0.15, 0.2) is 0 Å². The zero-order valence-electron chi connectivity index (χ0n) is 5.79. The van der Waals surface area contributed by atoms with Crippen molar-refractivity contribution < 1.29 is 46.1 Å². The number of carboxylic acids is 1. The summed E-state index contributed by atoms with van der Waals surface area (Å²) in [4.78, 5) is 9.00. The molecule has 0 unspecified atom stereocenters. The Morgan fingerprint density at radius 1 is 1.62 bits per heavy atom. The first-order valence-electron chi connectivity index (χ1n) is 1.19. The van der Waals surface area contributed by atoms with Crippen molar-refractivity contribution in [3.8, 4) is 0 Å². The average molecular weight is 154 g/mol. The van der Waals surface area contributed by atoms with E-state index in [2.05, 4.69) is 5.90 Å². The molecule has 0 aliphatic heterocycles. The Hall–Kier alpha value is 0.680. The summed E-state index contributed by atoms with van der Waals surface area (Å²) in [6.45, 7) is 1.08. The molecule has 0 aliphatic carbocycles. The van der Waals surface area contributed by atoms with E-state index < -0.39 is 5.97 Å². The van der Waals surface area contributed by atoms with E-state index in [0.717, 1.165) is 6.92 Å². The van der Waals surface area contributed by atoms with Gasteiger partial charge in [-0.2, -0.15) is 0 Å². The van der Waals surface area contributed by atoms with Crippen LogP contribution in [-0.4, -0.2) is 16.3 Å². The summed E-state index contributed by atoms with van der Waals surface area (Å²) in [5.74, 6) is 2.67. The van der Waals surface area contributed by atoms with Crippen LogP contribution >= 0.6 is 12.4 Å². The smallest absolute Gasteiger partial charge is 1.00 e. The van der Waals surface area contributed by atoms with Crippen molar-refractivity contribution in [2.45, 2.75) is 6.92 Å². The molecule has 8 heavy (non-hydrogen) atoms. The summed E-state index contributed by atoms with van der Waals surface area (Å²) in [5.41, 5.74) is 0. The van der Waals surface area contributed by atoms with E-state index in [4.69, 9.17) is 15.1 Å². The molecule has 0 aromatic heterocycles. The summed E-state index contributed by atoms with van der Waals surface area (Å²) in [6, 6.07) is 0. The fraction of sp³-hybridized carbons (Fsp3) is 0.500. The molecule has 0 aromatic carbocycles. The van der Waals surface area contributed by atoms with Gasteiger partial charge < -0.3 is 11.7 Å². The molecule has 0 rings (SSSR count). The monoisotopic (exact) mass is 153 g/mol. The Morgan fingerprint density at radius 3 is 1.62 bits per heavy atom. The van der Waals surface area contributed by atoms with Crippen molar-refractivity contribution in [3.05, 3.63) is 0 Å². The normalized spacial score (nSPS) is 3.88. The second kappa shape index (κ2) is 25.3. The van der Waals surface area contributed by atoms with Crippen LogP contribution in [0.25, 0.3) is 0 Å². The van der Waals surface area contributed by atoms with Gasteiger partial charge in [0, 0.05) is 6.92 Å². The summed E-state index contributed by atoms with van der Waals surface area (Å²) < 4.78 is 0. The van der Waals surface area contributed by atoms with Crippen molar-refractivity contribution in [1.82, 2.24) is 0 Å². The fourth-order valence-electron chi connectivity index (χ4n) is 0. The van der Waals surface area contributed by atoms with E-state index in [1.807, 2.05) is 0 Å². The number of halogens is 1. The van der Waals surface area contributed by atoms with Gasteiger partial charge >= 0.3 is 29.6 Å². The Labute approximate surface area is 77.2 Å². The molecule has 0 aromatic rings. The molecule has 0 saturated carbocycles. The third-order valence-electron chi connectivity index (χ3n) is 0. The first-order chi connectivity index (χ1) is 2.73. The summed E-state index contributed by atoms with van der Waals surface area (Å²) >= 11 is 0. The zero-order valence-corrected chi connectivity index (χ0v) is 7.60. The quantitative estimate of drug-likeness (QED) is 0.255. The van der Waals surface area contributed by atoms with E-state index in [9.17, 15) is 0 Å². The van der Waals surface area contributed by atoms with Crippen LogP contribution in [-0.2, 0) is 4.79 Å². The third-order valence-corrected chi connectivity index (χ3v) is 0. The number of carbonyl (C=O) groups is 1.